The van der Waals surface area contributed by atoms with Crippen LogP contribution in [-0.2, 0) is 4.79 Å². The first-order valence-corrected chi connectivity index (χ1v) is 6.58. The van der Waals surface area contributed by atoms with Gasteiger partial charge in [-0.15, -0.1) is 0 Å². The molecule has 0 aliphatic heterocycles. The van der Waals surface area contributed by atoms with E-state index in [0.29, 0.717) is 0 Å². The van der Waals surface area contributed by atoms with Gasteiger partial charge >= 0.3 is 5.97 Å². The fraction of sp³-hybridized carbons (Fsp3) is 0.385. The van der Waals surface area contributed by atoms with E-state index in [9.17, 15) is 19.7 Å². The van der Waals surface area contributed by atoms with E-state index in [4.69, 9.17) is 16.7 Å². The second-order valence-corrected chi connectivity index (χ2v) is 5.06. The number of hydrogen-bond acceptors (Lipinski definition) is 4. The molecule has 0 aromatic heterocycles. The lowest BCUT2D eigenvalue weighted by molar-refractivity contribution is -0.384. The molecule has 1 aromatic carbocycles. The number of aliphatic carboxylic acids is 1. The molecule has 114 valence electrons. The Balaban J connectivity index is 3.03. The number of nitrogens with zero attached hydrogens (tertiary/aromatic N) is 2. The maximum atomic E-state index is 12.4. The zero-order valence-corrected chi connectivity index (χ0v) is 12.3. The number of carboxylic acid groups (broad SMARTS) is 1. The minimum atomic E-state index is -1.01. The molecule has 0 aliphatic rings. The van der Waals surface area contributed by atoms with Crippen molar-refractivity contribution in [2.45, 2.75) is 26.3 Å². The van der Waals surface area contributed by atoms with Crippen molar-refractivity contribution in [2.75, 3.05) is 6.54 Å². The molecular formula is C13H15ClN2O5. The standard InChI is InChI=1S/C13H15ClN2O5/c1-8(2)15(6-5-12(17)18)13(19)10-4-3-9(16(20)21)7-11(10)14/h3-4,7-8H,5-6H2,1-2H3,(H,17,18). The lowest BCUT2D eigenvalue weighted by Gasteiger charge is -2.26. The van der Waals surface area contributed by atoms with E-state index in [1.165, 1.54) is 17.0 Å². The molecule has 1 N–H and O–H groups in total. The van der Waals surface area contributed by atoms with Crippen molar-refractivity contribution in [1.82, 2.24) is 4.90 Å². The molecule has 21 heavy (non-hydrogen) atoms. The molecule has 0 aliphatic carbocycles. The predicted molar refractivity (Wildman–Crippen MR) is 76.5 cm³/mol. The van der Waals surface area contributed by atoms with Crippen LogP contribution in [0.2, 0.25) is 5.02 Å². The normalized spacial score (nSPS) is 10.5. The molecule has 0 spiro atoms. The summed E-state index contributed by atoms with van der Waals surface area (Å²) in [6.07, 6.45) is -0.186. The van der Waals surface area contributed by atoms with Gasteiger partial charge in [-0.25, -0.2) is 0 Å². The Bertz CT molecular complexity index is 574. The maximum Gasteiger partial charge on any atom is 0.305 e. The van der Waals surface area contributed by atoms with E-state index in [1.807, 2.05) is 0 Å². The molecule has 0 saturated heterocycles. The molecule has 1 amide bonds. The van der Waals surface area contributed by atoms with Crippen molar-refractivity contribution in [2.24, 2.45) is 0 Å². The highest BCUT2D eigenvalue weighted by molar-refractivity contribution is 6.34. The van der Waals surface area contributed by atoms with Crippen LogP contribution in [-0.4, -0.2) is 39.4 Å². The van der Waals surface area contributed by atoms with E-state index >= 15 is 0 Å². The highest BCUT2D eigenvalue weighted by Gasteiger charge is 2.23. The summed E-state index contributed by atoms with van der Waals surface area (Å²) in [5.74, 6) is -1.46. The zero-order chi connectivity index (χ0) is 16.2. The molecule has 0 radical (unpaired) electrons. The van der Waals surface area contributed by atoms with Gasteiger partial charge in [0.05, 0.1) is 21.9 Å². The van der Waals surface area contributed by atoms with E-state index in [-0.39, 0.29) is 35.3 Å². The van der Waals surface area contributed by atoms with Crippen LogP contribution >= 0.6 is 11.6 Å². The highest BCUT2D eigenvalue weighted by Crippen LogP contribution is 2.24. The van der Waals surface area contributed by atoms with Crippen LogP contribution in [0, 0.1) is 10.1 Å². The average molecular weight is 315 g/mol. The number of halogens is 1. The van der Waals surface area contributed by atoms with Crippen molar-refractivity contribution in [3.05, 3.63) is 38.9 Å². The molecule has 8 heteroatoms. The Morgan fingerprint density at radius 3 is 2.48 bits per heavy atom. The summed E-state index contributed by atoms with van der Waals surface area (Å²) in [4.78, 5) is 34.4. The Hall–Kier alpha value is -2.15. The summed E-state index contributed by atoms with van der Waals surface area (Å²) in [5.41, 5.74) is -0.0976. The molecule has 0 unspecified atom stereocenters. The third-order valence-corrected chi connectivity index (χ3v) is 3.16. The van der Waals surface area contributed by atoms with Crippen LogP contribution in [0.1, 0.15) is 30.6 Å². The highest BCUT2D eigenvalue weighted by atomic mass is 35.5. The third kappa shape index (κ3) is 4.42. The van der Waals surface area contributed by atoms with Gasteiger partial charge in [0, 0.05) is 24.7 Å². The number of amides is 1. The van der Waals surface area contributed by atoms with Crippen molar-refractivity contribution < 1.29 is 19.6 Å². The number of hydrogen-bond donors (Lipinski definition) is 1. The van der Waals surface area contributed by atoms with Gasteiger partial charge in [0.25, 0.3) is 11.6 Å². The van der Waals surface area contributed by atoms with Crippen molar-refractivity contribution in [3.63, 3.8) is 0 Å². The second-order valence-electron chi connectivity index (χ2n) is 4.66. The summed E-state index contributed by atoms with van der Waals surface area (Å²) in [6.45, 7) is 3.54. The van der Waals surface area contributed by atoms with E-state index in [1.54, 1.807) is 13.8 Å². The van der Waals surface area contributed by atoms with Gasteiger partial charge in [-0.2, -0.15) is 0 Å². The number of carboxylic acids is 1. The molecule has 0 heterocycles. The van der Waals surface area contributed by atoms with E-state index in [2.05, 4.69) is 0 Å². The molecule has 1 rings (SSSR count). The number of carbonyl (C=O) groups excluding carboxylic acids is 1. The molecular weight excluding hydrogens is 300 g/mol. The van der Waals surface area contributed by atoms with Crippen LogP contribution in [0.15, 0.2) is 18.2 Å². The maximum absolute atomic E-state index is 12.4. The predicted octanol–water partition coefficient (Wildman–Crippen LogP) is 2.57. The molecule has 0 bridgehead atoms. The summed E-state index contributed by atoms with van der Waals surface area (Å²) < 4.78 is 0. The average Bonchev–Trinajstić information content (AvgIpc) is 2.37. The fourth-order valence-electron chi connectivity index (χ4n) is 1.76. The van der Waals surface area contributed by atoms with Crippen LogP contribution in [0.25, 0.3) is 0 Å². The first kappa shape index (κ1) is 16.9. The fourth-order valence-corrected chi connectivity index (χ4v) is 2.01. The SMILES string of the molecule is CC(C)N(CCC(=O)O)C(=O)c1ccc([N+](=O)[O-])cc1Cl. The summed E-state index contributed by atoms with van der Waals surface area (Å²) in [5, 5.41) is 19.3. The van der Waals surface area contributed by atoms with E-state index in [0.717, 1.165) is 6.07 Å². The first-order valence-electron chi connectivity index (χ1n) is 6.20. The Kier molecular flexibility index (Phi) is 5.66. The van der Waals surface area contributed by atoms with Gasteiger partial charge in [0.15, 0.2) is 0 Å². The molecule has 7 nitrogen and oxygen atoms in total. The summed E-state index contributed by atoms with van der Waals surface area (Å²) in [6, 6.07) is 3.35. The van der Waals surface area contributed by atoms with Crippen LogP contribution in [0.5, 0.6) is 0 Å². The zero-order valence-electron chi connectivity index (χ0n) is 11.6. The van der Waals surface area contributed by atoms with Gasteiger partial charge in [0.2, 0.25) is 0 Å². The topological polar surface area (TPSA) is 101 Å². The summed E-state index contributed by atoms with van der Waals surface area (Å²) >= 11 is 5.91. The van der Waals surface area contributed by atoms with Crippen LogP contribution in [0.4, 0.5) is 5.69 Å². The lowest BCUT2D eigenvalue weighted by Crippen LogP contribution is -2.38. The van der Waals surface area contributed by atoms with Crippen molar-refractivity contribution in [3.8, 4) is 0 Å². The van der Waals surface area contributed by atoms with Gasteiger partial charge < -0.3 is 10.0 Å². The third-order valence-electron chi connectivity index (χ3n) is 2.84. The quantitative estimate of drug-likeness (QED) is 0.642. The number of non-ortho nitro benzene ring substituents is 1. The molecule has 0 atom stereocenters. The number of carbonyl (C=O) groups is 2. The first-order chi connectivity index (χ1) is 9.73. The molecule has 0 fully saturated rings. The Morgan fingerprint density at radius 1 is 1.43 bits per heavy atom. The lowest BCUT2D eigenvalue weighted by atomic mass is 10.1. The van der Waals surface area contributed by atoms with E-state index < -0.39 is 16.8 Å². The Labute approximate surface area is 126 Å². The van der Waals surface area contributed by atoms with Gasteiger partial charge in [-0.05, 0) is 19.9 Å². The number of rotatable bonds is 6. The number of benzene rings is 1. The number of nitro groups is 1. The van der Waals surface area contributed by atoms with Crippen molar-refractivity contribution >= 4 is 29.2 Å². The molecule has 1 aromatic rings. The smallest absolute Gasteiger partial charge is 0.305 e. The monoisotopic (exact) mass is 314 g/mol. The van der Waals surface area contributed by atoms with Crippen LogP contribution < -0.4 is 0 Å². The minimum Gasteiger partial charge on any atom is -0.481 e. The second kappa shape index (κ2) is 7.03. The van der Waals surface area contributed by atoms with Gasteiger partial charge in [0.1, 0.15) is 0 Å². The van der Waals surface area contributed by atoms with Gasteiger partial charge in [-0.3, -0.25) is 19.7 Å². The minimum absolute atomic E-state index is 0.0322. The Morgan fingerprint density at radius 2 is 2.05 bits per heavy atom. The summed E-state index contributed by atoms with van der Waals surface area (Å²) in [7, 11) is 0. The number of nitro benzene ring substituents is 1. The van der Waals surface area contributed by atoms with Crippen molar-refractivity contribution in [1.29, 1.82) is 0 Å². The molecule has 0 saturated carbocycles. The van der Waals surface area contributed by atoms with Gasteiger partial charge in [-0.1, -0.05) is 11.6 Å². The largest absolute Gasteiger partial charge is 0.481 e. The van der Waals surface area contributed by atoms with Crippen LogP contribution in [0.3, 0.4) is 0 Å².